The Morgan fingerprint density at radius 2 is 2.14 bits per heavy atom. The lowest BCUT2D eigenvalue weighted by Crippen LogP contribution is -2.42. The Labute approximate surface area is 156 Å². The number of hydrogen-bond donors (Lipinski definition) is 1. The summed E-state index contributed by atoms with van der Waals surface area (Å²) >= 11 is 7.96. The summed E-state index contributed by atoms with van der Waals surface area (Å²) in [6.07, 6.45) is 0. The van der Waals surface area contributed by atoms with Crippen LogP contribution in [0.25, 0.3) is 11.0 Å². The molecule has 1 aromatic heterocycles. The molecule has 22 heavy (non-hydrogen) atoms. The highest BCUT2D eigenvalue weighted by atomic mass is 127. The maximum Gasteiger partial charge on any atom is 0.191 e. The van der Waals surface area contributed by atoms with E-state index in [1.165, 1.54) is 0 Å². The van der Waals surface area contributed by atoms with E-state index in [0.29, 0.717) is 17.5 Å². The summed E-state index contributed by atoms with van der Waals surface area (Å²) in [4.78, 5) is 11.2. The summed E-state index contributed by atoms with van der Waals surface area (Å²) in [6, 6.07) is 5.72. The van der Waals surface area contributed by atoms with Crippen molar-refractivity contribution in [2.24, 2.45) is 17.8 Å². The summed E-state index contributed by atoms with van der Waals surface area (Å²) < 4.78 is 2.04. The van der Waals surface area contributed by atoms with E-state index in [1.54, 1.807) is 0 Å². The third-order valence-corrected chi connectivity index (χ3v) is 4.83. The van der Waals surface area contributed by atoms with Gasteiger partial charge in [-0.1, -0.05) is 11.6 Å². The molecule has 0 amide bonds. The highest BCUT2D eigenvalue weighted by Gasteiger charge is 2.13. The van der Waals surface area contributed by atoms with Crippen molar-refractivity contribution >= 4 is 64.3 Å². The predicted octanol–water partition coefficient (Wildman–Crippen LogP) is 2.71. The maximum absolute atomic E-state index is 6.07. The van der Waals surface area contributed by atoms with E-state index in [2.05, 4.69) is 14.9 Å². The van der Waals surface area contributed by atoms with Crippen LogP contribution in [-0.2, 0) is 13.6 Å². The minimum atomic E-state index is 0. The summed E-state index contributed by atoms with van der Waals surface area (Å²) in [6.45, 7) is 2.43. The first-order valence-electron chi connectivity index (χ1n) is 6.88. The maximum atomic E-state index is 6.07. The standard InChI is InChI=1S/C14H18ClN5S.HI/c1-19-12-3-2-10(15)8-11(12)18-13(19)9-17-14(16)20-4-6-21-7-5-20;/h2-3,8H,4-7,9H2,1H3,(H2,16,17);1H. The monoisotopic (exact) mass is 451 g/mol. The lowest BCUT2D eigenvalue weighted by molar-refractivity contribution is 0.455. The van der Waals surface area contributed by atoms with Crippen molar-refractivity contribution in [2.45, 2.75) is 6.54 Å². The van der Waals surface area contributed by atoms with Gasteiger partial charge in [0.2, 0.25) is 0 Å². The van der Waals surface area contributed by atoms with Gasteiger partial charge < -0.3 is 15.2 Å². The van der Waals surface area contributed by atoms with Gasteiger partial charge in [0.05, 0.1) is 11.0 Å². The average molecular weight is 452 g/mol. The minimum Gasteiger partial charge on any atom is -0.370 e. The number of halogens is 2. The second kappa shape index (κ2) is 7.74. The molecular formula is C14H19ClIN5S. The molecule has 0 bridgehead atoms. The molecule has 0 unspecified atom stereocenters. The highest BCUT2D eigenvalue weighted by molar-refractivity contribution is 14.0. The van der Waals surface area contributed by atoms with Gasteiger partial charge in [-0.25, -0.2) is 9.98 Å². The summed E-state index contributed by atoms with van der Waals surface area (Å²) in [7, 11) is 1.99. The first-order valence-corrected chi connectivity index (χ1v) is 8.42. The van der Waals surface area contributed by atoms with Crippen LogP contribution in [0.15, 0.2) is 23.2 Å². The van der Waals surface area contributed by atoms with Crippen LogP contribution in [0.2, 0.25) is 5.02 Å². The van der Waals surface area contributed by atoms with E-state index >= 15 is 0 Å². The van der Waals surface area contributed by atoms with Gasteiger partial charge in [-0.05, 0) is 18.2 Å². The van der Waals surface area contributed by atoms with E-state index in [0.717, 1.165) is 41.5 Å². The molecule has 0 saturated carbocycles. The number of hydrogen-bond acceptors (Lipinski definition) is 3. The van der Waals surface area contributed by atoms with E-state index in [4.69, 9.17) is 17.3 Å². The molecule has 2 aromatic rings. The number of guanidine groups is 1. The largest absolute Gasteiger partial charge is 0.370 e. The Kier molecular flexibility index (Phi) is 6.22. The molecule has 2 heterocycles. The van der Waals surface area contributed by atoms with E-state index in [1.807, 2.05) is 41.6 Å². The van der Waals surface area contributed by atoms with Crippen LogP contribution in [0.1, 0.15) is 5.82 Å². The molecule has 8 heteroatoms. The Bertz CT molecular complexity index is 681. The van der Waals surface area contributed by atoms with Crippen LogP contribution in [0.5, 0.6) is 0 Å². The number of rotatable bonds is 2. The van der Waals surface area contributed by atoms with Crippen LogP contribution < -0.4 is 5.73 Å². The molecule has 1 aromatic carbocycles. The zero-order valence-corrected chi connectivity index (χ0v) is 16.2. The Hall–Kier alpha value is -0.670. The van der Waals surface area contributed by atoms with Gasteiger partial charge >= 0.3 is 0 Å². The molecular weight excluding hydrogens is 433 g/mol. The number of fused-ring (bicyclic) bond motifs is 1. The molecule has 3 rings (SSSR count). The second-order valence-electron chi connectivity index (χ2n) is 4.99. The fourth-order valence-electron chi connectivity index (χ4n) is 2.41. The first-order chi connectivity index (χ1) is 10.1. The third kappa shape index (κ3) is 3.80. The van der Waals surface area contributed by atoms with Crippen molar-refractivity contribution in [1.82, 2.24) is 14.5 Å². The summed E-state index contributed by atoms with van der Waals surface area (Å²) in [5.74, 6) is 3.73. The van der Waals surface area contributed by atoms with Gasteiger partial charge in [-0.3, -0.25) is 0 Å². The molecule has 5 nitrogen and oxygen atoms in total. The molecule has 1 saturated heterocycles. The van der Waals surface area contributed by atoms with Gasteiger partial charge in [0.1, 0.15) is 12.4 Å². The number of imidazole rings is 1. The van der Waals surface area contributed by atoms with Crippen LogP contribution in [0, 0.1) is 0 Å². The number of nitrogens with zero attached hydrogens (tertiary/aromatic N) is 4. The van der Waals surface area contributed by atoms with Crippen molar-refractivity contribution in [3.63, 3.8) is 0 Å². The molecule has 1 aliphatic heterocycles. The van der Waals surface area contributed by atoms with Crippen LogP contribution >= 0.6 is 47.3 Å². The molecule has 0 spiro atoms. The van der Waals surface area contributed by atoms with E-state index < -0.39 is 0 Å². The zero-order chi connectivity index (χ0) is 14.8. The quantitative estimate of drug-likeness (QED) is 0.433. The second-order valence-corrected chi connectivity index (χ2v) is 6.66. The molecule has 0 atom stereocenters. The van der Waals surface area contributed by atoms with Gasteiger partial charge in [0, 0.05) is 36.7 Å². The van der Waals surface area contributed by atoms with Crippen molar-refractivity contribution < 1.29 is 0 Å². The van der Waals surface area contributed by atoms with Crippen LogP contribution in [0.3, 0.4) is 0 Å². The summed E-state index contributed by atoms with van der Waals surface area (Å²) in [5.41, 5.74) is 8.02. The topological polar surface area (TPSA) is 59.4 Å². The van der Waals surface area contributed by atoms with Gasteiger partial charge in [0.15, 0.2) is 5.96 Å². The van der Waals surface area contributed by atoms with Crippen molar-refractivity contribution in [2.75, 3.05) is 24.6 Å². The van der Waals surface area contributed by atoms with Crippen molar-refractivity contribution in [1.29, 1.82) is 0 Å². The first kappa shape index (κ1) is 17.7. The van der Waals surface area contributed by atoms with E-state index in [-0.39, 0.29) is 24.0 Å². The number of aromatic nitrogens is 2. The van der Waals surface area contributed by atoms with Crippen molar-refractivity contribution in [3.8, 4) is 0 Å². The van der Waals surface area contributed by atoms with Crippen molar-refractivity contribution in [3.05, 3.63) is 29.0 Å². The molecule has 0 aliphatic carbocycles. The normalized spacial score (nSPS) is 15.9. The number of aryl methyl sites for hydroxylation is 1. The average Bonchev–Trinajstić information content (AvgIpc) is 2.81. The summed E-state index contributed by atoms with van der Waals surface area (Å²) in [5, 5.41) is 0.695. The molecule has 0 radical (unpaired) electrons. The minimum absolute atomic E-state index is 0. The SMILES string of the molecule is Cn1c(CN=C(N)N2CCSCC2)nc2cc(Cl)ccc21.I. The molecule has 1 fully saturated rings. The number of benzene rings is 1. The van der Waals surface area contributed by atoms with Gasteiger partial charge in [0.25, 0.3) is 0 Å². The molecule has 120 valence electrons. The number of aliphatic imine (C=N–C) groups is 1. The zero-order valence-electron chi connectivity index (χ0n) is 12.3. The Morgan fingerprint density at radius 1 is 1.41 bits per heavy atom. The van der Waals surface area contributed by atoms with Crippen LogP contribution in [-0.4, -0.2) is 45.0 Å². The number of thioether (sulfide) groups is 1. The highest BCUT2D eigenvalue weighted by Crippen LogP contribution is 2.20. The number of nitrogens with two attached hydrogens (primary N) is 1. The molecule has 1 aliphatic rings. The van der Waals surface area contributed by atoms with Crippen LogP contribution in [0.4, 0.5) is 0 Å². The third-order valence-electron chi connectivity index (χ3n) is 3.65. The Balaban J connectivity index is 0.00000176. The fraction of sp³-hybridized carbons (Fsp3) is 0.429. The lowest BCUT2D eigenvalue weighted by atomic mass is 10.3. The Morgan fingerprint density at radius 3 is 2.86 bits per heavy atom. The fourth-order valence-corrected chi connectivity index (χ4v) is 3.48. The van der Waals surface area contributed by atoms with Gasteiger partial charge in [-0.2, -0.15) is 11.8 Å². The smallest absolute Gasteiger partial charge is 0.191 e. The predicted molar refractivity (Wildman–Crippen MR) is 105 cm³/mol. The lowest BCUT2D eigenvalue weighted by Gasteiger charge is -2.27. The van der Waals surface area contributed by atoms with E-state index in [9.17, 15) is 0 Å². The van der Waals surface area contributed by atoms with Gasteiger partial charge in [-0.15, -0.1) is 24.0 Å². The molecule has 2 N–H and O–H groups in total.